The summed E-state index contributed by atoms with van der Waals surface area (Å²) in [6, 6.07) is 11.8. The van der Waals surface area contributed by atoms with Crippen molar-refractivity contribution in [3.63, 3.8) is 0 Å². The van der Waals surface area contributed by atoms with E-state index in [1.54, 1.807) is 37.3 Å². The molecule has 10 heteroatoms. The Morgan fingerprint density at radius 1 is 1.09 bits per heavy atom. The minimum absolute atomic E-state index is 0.0290. The van der Waals surface area contributed by atoms with E-state index in [4.69, 9.17) is 11.6 Å². The van der Waals surface area contributed by atoms with E-state index in [-0.39, 0.29) is 28.8 Å². The number of rotatable bonds is 9. The molecule has 0 aromatic heterocycles. The Morgan fingerprint density at radius 2 is 1.74 bits per heavy atom. The number of halogens is 1. The van der Waals surface area contributed by atoms with Crippen molar-refractivity contribution in [3.05, 3.63) is 64.7 Å². The maximum absolute atomic E-state index is 13.5. The molecule has 182 valence electrons. The number of carbonyl (C=O) groups excluding carboxylic acids is 3. The fraction of sp³-hybridized carbons (Fsp3) is 0.375. The van der Waals surface area contributed by atoms with Crippen molar-refractivity contribution in [3.8, 4) is 0 Å². The third-order valence-corrected chi connectivity index (χ3v) is 7.57. The van der Waals surface area contributed by atoms with Gasteiger partial charge in [-0.15, -0.1) is 0 Å². The molecule has 34 heavy (non-hydrogen) atoms. The van der Waals surface area contributed by atoms with Crippen LogP contribution in [0, 0.1) is 5.92 Å². The van der Waals surface area contributed by atoms with Gasteiger partial charge in [-0.1, -0.05) is 56.6 Å². The van der Waals surface area contributed by atoms with Gasteiger partial charge in [0, 0.05) is 18.1 Å². The molecule has 0 saturated carbocycles. The van der Waals surface area contributed by atoms with Gasteiger partial charge >= 0.3 is 0 Å². The van der Waals surface area contributed by atoms with Gasteiger partial charge in [0.2, 0.25) is 11.8 Å². The molecule has 0 bridgehead atoms. The Balaban J connectivity index is 1.90. The molecule has 3 rings (SSSR count). The Kier molecular flexibility index (Phi) is 7.99. The number of hydrogen-bond donors (Lipinski definition) is 1. The quantitative estimate of drug-likeness (QED) is 0.564. The van der Waals surface area contributed by atoms with Crippen LogP contribution >= 0.6 is 11.6 Å². The van der Waals surface area contributed by atoms with E-state index in [1.165, 1.54) is 23.1 Å². The van der Waals surface area contributed by atoms with Crippen LogP contribution in [-0.4, -0.2) is 54.5 Å². The molecular formula is C24H28ClN3O5S. The monoisotopic (exact) mass is 505 g/mol. The summed E-state index contributed by atoms with van der Waals surface area (Å²) in [4.78, 5) is 40.4. The Bertz CT molecular complexity index is 1180. The zero-order valence-corrected chi connectivity index (χ0v) is 20.9. The lowest BCUT2D eigenvalue weighted by Gasteiger charge is -2.32. The van der Waals surface area contributed by atoms with Crippen LogP contribution in [0.5, 0.6) is 0 Å². The summed E-state index contributed by atoms with van der Waals surface area (Å²) in [7, 11) is -4.16. The number of nitrogens with zero attached hydrogens (tertiary/aromatic N) is 2. The van der Waals surface area contributed by atoms with E-state index in [9.17, 15) is 22.8 Å². The molecular weight excluding hydrogens is 478 g/mol. The SMILES string of the molecule is CC[C@@H](C(=O)NCC(C)C)N(Cc1ccc(Cl)cc1)C(=O)CN1C(=O)c2ccccc2S1(=O)=O. The van der Waals surface area contributed by atoms with Crippen molar-refractivity contribution < 1.29 is 22.8 Å². The highest BCUT2D eigenvalue weighted by atomic mass is 35.5. The van der Waals surface area contributed by atoms with Crippen LogP contribution in [0.3, 0.4) is 0 Å². The van der Waals surface area contributed by atoms with E-state index in [0.717, 1.165) is 0 Å². The zero-order valence-electron chi connectivity index (χ0n) is 19.3. The second-order valence-corrected chi connectivity index (χ2v) is 10.8. The fourth-order valence-electron chi connectivity index (χ4n) is 3.73. The smallest absolute Gasteiger partial charge is 0.269 e. The van der Waals surface area contributed by atoms with Crippen molar-refractivity contribution in [1.82, 2.24) is 14.5 Å². The fourth-order valence-corrected chi connectivity index (χ4v) is 5.37. The molecule has 1 atom stereocenters. The number of amides is 3. The van der Waals surface area contributed by atoms with Crippen LogP contribution in [0.2, 0.25) is 5.02 Å². The first-order valence-corrected chi connectivity index (χ1v) is 12.9. The number of sulfonamides is 1. The lowest BCUT2D eigenvalue weighted by atomic mass is 10.1. The summed E-state index contributed by atoms with van der Waals surface area (Å²) < 4.78 is 26.5. The Morgan fingerprint density at radius 3 is 2.32 bits per heavy atom. The number of carbonyl (C=O) groups is 3. The van der Waals surface area contributed by atoms with Crippen molar-refractivity contribution in [1.29, 1.82) is 0 Å². The van der Waals surface area contributed by atoms with Crippen molar-refractivity contribution >= 4 is 39.3 Å². The van der Waals surface area contributed by atoms with Crippen molar-refractivity contribution in [2.75, 3.05) is 13.1 Å². The maximum atomic E-state index is 13.5. The summed E-state index contributed by atoms with van der Waals surface area (Å²) >= 11 is 5.97. The third kappa shape index (κ3) is 5.42. The average molecular weight is 506 g/mol. The van der Waals surface area contributed by atoms with E-state index >= 15 is 0 Å². The van der Waals surface area contributed by atoms with E-state index < -0.39 is 34.4 Å². The molecule has 0 spiro atoms. The molecule has 1 N–H and O–H groups in total. The van der Waals surface area contributed by atoms with Crippen LogP contribution < -0.4 is 5.32 Å². The summed E-state index contributed by atoms with van der Waals surface area (Å²) in [6.07, 6.45) is 0.310. The molecule has 2 aromatic rings. The molecule has 0 radical (unpaired) electrons. The normalized spacial score (nSPS) is 15.2. The molecule has 1 aliphatic heterocycles. The molecule has 8 nitrogen and oxygen atoms in total. The first kappa shape index (κ1) is 25.7. The third-order valence-electron chi connectivity index (χ3n) is 5.53. The Hall–Kier alpha value is -2.91. The summed E-state index contributed by atoms with van der Waals surface area (Å²) in [5, 5.41) is 3.37. The van der Waals surface area contributed by atoms with Crippen molar-refractivity contribution in [2.24, 2.45) is 5.92 Å². The summed E-state index contributed by atoms with van der Waals surface area (Å²) in [5.41, 5.74) is 0.744. The number of nitrogens with one attached hydrogen (secondary N) is 1. The predicted molar refractivity (Wildman–Crippen MR) is 129 cm³/mol. The van der Waals surface area contributed by atoms with Gasteiger partial charge in [0.15, 0.2) is 0 Å². The first-order chi connectivity index (χ1) is 16.1. The number of fused-ring (bicyclic) bond motifs is 1. The topological polar surface area (TPSA) is 104 Å². The molecule has 0 fully saturated rings. The van der Waals surface area contributed by atoms with Gasteiger partial charge in [0.1, 0.15) is 17.5 Å². The largest absolute Gasteiger partial charge is 0.354 e. The van der Waals surface area contributed by atoms with Crippen LogP contribution in [0.1, 0.15) is 43.1 Å². The highest BCUT2D eigenvalue weighted by Gasteiger charge is 2.43. The summed E-state index contributed by atoms with van der Waals surface area (Å²) in [6.45, 7) is 5.48. The van der Waals surface area contributed by atoms with Gasteiger partial charge in [-0.05, 0) is 42.2 Å². The first-order valence-electron chi connectivity index (χ1n) is 11.0. The molecule has 1 aliphatic rings. The average Bonchev–Trinajstić information content (AvgIpc) is 2.99. The summed E-state index contributed by atoms with van der Waals surface area (Å²) in [5.74, 6) is -1.52. The molecule has 3 amide bonds. The lowest BCUT2D eigenvalue weighted by Crippen LogP contribution is -2.52. The van der Waals surface area contributed by atoms with E-state index in [0.29, 0.717) is 27.9 Å². The molecule has 2 aromatic carbocycles. The highest BCUT2D eigenvalue weighted by molar-refractivity contribution is 7.90. The van der Waals surface area contributed by atoms with Gasteiger partial charge < -0.3 is 10.2 Å². The standard InChI is InChI=1S/C24H28ClN3O5S/c1-4-20(23(30)26-13-16(2)3)27(14-17-9-11-18(25)12-10-17)22(29)15-28-24(31)19-7-5-6-8-21(19)34(28,32)33/h5-12,16,20H,4,13-15H2,1-3H3,(H,26,30)/t20-/m0/s1. The molecule has 1 heterocycles. The van der Waals surface area contributed by atoms with Gasteiger partial charge in [-0.25, -0.2) is 12.7 Å². The maximum Gasteiger partial charge on any atom is 0.269 e. The Labute approximate surface area is 204 Å². The minimum atomic E-state index is -4.16. The van der Waals surface area contributed by atoms with E-state index in [2.05, 4.69) is 5.32 Å². The van der Waals surface area contributed by atoms with Gasteiger partial charge in [0.25, 0.3) is 15.9 Å². The lowest BCUT2D eigenvalue weighted by molar-refractivity contribution is -0.141. The van der Waals surface area contributed by atoms with Crippen LogP contribution in [-0.2, 0) is 26.2 Å². The van der Waals surface area contributed by atoms with Crippen LogP contribution in [0.4, 0.5) is 0 Å². The highest BCUT2D eigenvalue weighted by Crippen LogP contribution is 2.30. The van der Waals surface area contributed by atoms with E-state index in [1.807, 2.05) is 13.8 Å². The molecule has 0 unspecified atom stereocenters. The predicted octanol–water partition coefficient (Wildman–Crippen LogP) is 3.06. The molecule has 0 aliphatic carbocycles. The number of benzene rings is 2. The number of hydrogen-bond acceptors (Lipinski definition) is 5. The van der Waals surface area contributed by atoms with Gasteiger partial charge in [0.05, 0.1) is 5.56 Å². The second-order valence-electron chi connectivity index (χ2n) is 8.52. The van der Waals surface area contributed by atoms with Crippen LogP contribution in [0.25, 0.3) is 0 Å². The van der Waals surface area contributed by atoms with Crippen LogP contribution in [0.15, 0.2) is 53.4 Å². The zero-order chi connectivity index (χ0) is 25.0. The minimum Gasteiger partial charge on any atom is -0.354 e. The van der Waals surface area contributed by atoms with Gasteiger partial charge in [-0.3, -0.25) is 14.4 Å². The van der Waals surface area contributed by atoms with Gasteiger partial charge in [-0.2, -0.15) is 0 Å². The second kappa shape index (κ2) is 10.6. The molecule has 0 saturated heterocycles. The van der Waals surface area contributed by atoms with Crippen molar-refractivity contribution in [2.45, 2.75) is 44.7 Å².